The van der Waals surface area contributed by atoms with Gasteiger partial charge in [0.15, 0.2) is 0 Å². The Bertz CT molecular complexity index is 2300. The van der Waals surface area contributed by atoms with Crippen molar-refractivity contribution in [2.24, 2.45) is 23.7 Å². The van der Waals surface area contributed by atoms with Crippen LogP contribution in [0.1, 0.15) is 43.2 Å². The Labute approximate surface area is 270 Å². The molecule has 0 aromatic heterocycles. The maximum atomic E-state index is 2.54. The zero-order valence-electron chi connectivity index (χ0n) is 26.0. The Morgan fingerprint density at radius 1 is 0.348 bits per heavy atom. The van der Waals surface area contributed by atoms with Gasteiger partial charge in [0.2, 0.25) is 0 Å². The van der Waals surface area contributed by atoms with E-state index in [0.29, 0.717) is 0 Å². The zero-order chi connectivity index (χ0) is 30.0. The largest absolute Gasteiger partial charge is 0.0619 e. The maximum Gasteiger partial charge on any atom is 0.0272 e. The van der Waals surface area contributed by atoms with Crippen molar-refractivity contribution in [3.05, 3.63) is 145 Å². The summed E-state index contributed by atoms with van der Waals surface area (Å²) in [6.07, 6.45) is 7.14. The highest BCUT2D eigenvalue weighted by Crippen LogP contribution is 2.70. The van der Waals surface area contributed by atoms with Gasteiger partial charge in [-0.1, -0.05) is 133 Å². The van der Waals surface area contributed by atoms with Crippen LogP contribution in [-0.2, 0) is 5.41 Å². The summed E-state index contributed by atoms with van der Waals surface area (Å²) in [5.74, 6) is 3.43. The predicted octanol–water partition coefficient (Wildman–Crippen LogP) is 12.2. The Morgan fingerprint density at radius 3 is 1.48 bits per heavy atom. The Hall–Kier alpha value is -4.68. The van der Waals surface area contributed by atoms with E-state index in [0.717, 1.165) is 23.7 Å². The van der Waals surface area contributed by atoms with E-state index in [4.69, 9.17) is 0 Å². The van der Waals surface area contributed by atoms with Gasteiger partial charge in [0.25, 0.3) is 0 Å². The molecule has 0 N–H and O–H groups in total. The highest BCUT2D eigenvalue weighted by molar-refractivity contribution is 6.24. The Morgan fingerprint density at radius 2 is 0.804 bits per heavy atom. The van der Waals surface area contributed by atoms with E-state index in [-0.39, 0.29) is 5.41 Å². The van der Waals surface area contributed by atoms with Crippen LogP contribution in [0.3, 0.4) is 0 Å². The topological polar surface area (TPSA) is 0 Å². The van der Waals surface area contributed by atoms with E-state index in [2.05, 4.69) is 133 Å². The first-order valence-corrected chi connectivity index (χ1v) is 17.5. The third-order valence-corrected chi connectivity index (χ3v) is 12.8. The maximum absolute atomic E-state index is 2.54. The van der Waals surface area contributed by atoms with E-state index >= 15 is 0 Å². The van der Waals surface area contributed by atoms with Crippen LogP contribution >= 0.6 is 0 Å². The second kappa shape index (κ2) is 9.20. The highest BCUT2D eigenvalue weighted by atomic mass is 14.6. The van der Waals surface area contributed by atoms with Gasteiger partial charge in [0.05, 0.1) is 0 Å². The summed E-state index contributed by atoms with van der Waals surface area (Å²) in [6.45, 7) is 0. The summed E-state index contributed by atoms with van der Waals surface area (Å²) >= 11 is 0. The van der Waals surface area contributed by atoms with Crippen molar-refractivity contribution < 1.29 is 0 Å². The molecular formula is C46H36. The summed E-state index contributed by atoms with van der Waals surface area (Å²) in [5.41, 5.74) is 11.9. The lowest BCUT2D eigenvalue weighted by atomic mass is 9.43. The van der Waals surface area contributed by atoms with Crippen LogP contribution in [0, 0.1) is 23.7 Å². The third-order valence-electron chi connectivity index (χ3n) is 12.8. The minimum atomic E-state index is 0.170. The monoisotopic (exact) mass is 588 g/mol. The fraction of sp³-hybridized carbons (Fsp3) is 0.217. The number of fused-ring (bicyclic) bond motifs is 6. The van der Waals surface area contributed by atoms with Crippen LogP contribution in [0.15, 0.2) is 133 Å². The molecule has 4 saturated carbocycles. The van der Waals surface area contributed by atoms with Crippen molar-refractivity contribution in [1.82, 2.24) is 0 Å². The standard InChI is InChI=1S/C46H36/c1-2-13-33-30(11-1)12-9-19-34(33)43-35-14-3-5-16-37(35)44(38-17-6-4-15-36(38)43)40-20-10-22-42-45(40)39-18-7-8-21-41(39)46(42)31-24-28-23-29(26-31)27-32(46)25-28/h1-22,28-29,31-32H,23-27H2. The van der Waals surface area contributed by atoms with Gasteiger partial charge in [-0.25, -0.2) is 0 Å². The van der Waals surface area contributed by atoms with Gasteiger partial charge in [0, 0.05) is 5.41 Å². The van der Waals surface area contributed by atoms with Crippen molar-refractivity contribution in [3.8, 4) is 33.4 Å². The molecule has 5 aliphatic rings. The van der Waals surface area contributed by atoms with Crippen LogP contribution in [0.5, 0.6) is 0 Å². The van der Waals surface area contributed by atoms with Crippen molar-refractivity contribution in [3.63, 3.8) is 0 Å². The fourth-order valence-electron chi connectivity index (χ4n) is 11.6. The normalized spacial score (nSPS) is 25.5. The first kappa shape index (κ1) is 25.5. The fourth-order valence-corrected chi connectivity index (χ4v) is 11.6. The van der Waals surface area contributed by atoms with E-state index in [9.17, 15) is 0 Å². The summed E-state index contributed by atoms with van der Waals surface area (Å²) in [6, 6.07) is 51.0. The quantitative estimate of drug-likeness (QED) is 0.176. The summed E-state index contributed by atoms with van der Waals surface area (Å²) < 4.78 is 0. The van der Waals surface area contributed by atoms with Crippen molar-refractivity contribution in [2.45, 2.75) is 37.5 Å². The number of benzene rings is 7. The average molecular weight is 589 g/mol. The van der Waals surface area contributed by atoms with E-state index in [1.807, 2.05) is 0 Å². The molecule has 0 heterocycles. The SMILES string of the molecule is c1ccc2c(c1)-c1c(-c3c4ccccc4c(-c4cccc5ccccc45)c4ccccc34)cccc1C21C2CC3CC(C2)CC1C3. The predicted molar refractivity (Wildman–Crippen MR) is 193 cm³/mol. The lowest BCUT2D eigenvalue weighted by molar-refractivity contribution is -0.0399. The van der Waals surface area contributed by atoms with Crippen molar-refractivity contribution in [1.29, 1.82) is 0 Å². The molecule has 4 fully saturated rings. The second-order valence-corrected chi connectivity index (χ2v) is 14.8. The van der Waals surface area contributed by atoms with Crippen LogP contribution in [0.2, 0.25) is 0 Å². The minimum Gasteiger partial charge on any atom is -0.0619 e. The van der Waals surface area contributed by atoms with Crippen molar-refractivity contribution in [2.75, 3.05) is 0 Å². The smallest absolute Gasteiger partial charge is 0.0272 e. The van der Waals surface area contributed by atoms with Gasteiger partial charge >= 0.3 is 0 Å². The zero-order valence-corrected chi connectivity index (χ0v) is 26.0. The van der Waals surface area contributed by atoms with Gasteiger partial charge in [-0.15, -0.1) is 0 Å². The van der Waals surface area contributed by atoms with Gasteiger partial charge in [-0.05, 0) is 133 Å². The molecule has 1 spiro atoms. The lowest BCUT2D eigenvalue weighted by Crippen LogP contribution is -2.55. The molecule has 5 aliphatic carbocycles. The summed E-state index contributed by atoms with van der Waals surface area (Å²) in [4.78, 5) is 0. The van der Waals surface area contributed by atoms with Gasteiger partial charge in [0.1, 0.15) is 0 Å². The van der Waals surface area contributed by atoms with Crippen molar-refractivity contribution >= 4 is 32.3 Å². The number of hydrogen-bond donors (Lipinski definition) is 0. The molecule has 0 amide bonds. The van der Waals surface area contributed by atoms with E-state index < -0.39 is 0 Å². The number of hydrogen-bond acceptors (Lipinski definition) is 0. The molecule has 220 valence electrons. The first-order chi connectivity index (χ1) is 22.8. The van der Waals surface area contributed by atoms with Crippen LogP contribution in [-0.4, -0.2) is 0 Å². The van der Waals surface area contributed by atoms with Crippen LogP contribution in [0.4, 0.5) is 0 Å². The van der Waals surface area contributed by atoms with E-state index in [1.165, 1.54) is 97.8 Å². The minimum absolute atomic E-state index is 0.170. The summed E-state index contributed by atoms with van der Waals surface area (Å²) in [5, 5.41) is 7.96. The second-order valence-electron chi connectivity index (χ2n) is 14.8. The molecule has 46 heavy (non-hydrogen) atoms. The Kier molecular flexibility index (Phi) is 5.10. The molecule has 7 aromatic carbocycles. The molecule has 7 aromatic rings. The molecule has 4 bridgehead atoms. The molecule has 0 aliphatic heterocycles. The average Bonchev–Trinajstić information content (AvgIpc) is 3.40. The number of rotatable bonds is 2. The van der Waals surface area contributed by atoms with Crippen LogP contribution < -0.4 is 0 Å². The van der Waals surface area contributed by atoms with Gasteiger partial charge in [-0.3, -0.25) is 0 Å². The molecule has 0 heteroatoms. The van der Waals surface area contributed by atoms with E-state index in [1.54, 1.807) is 11.1 Å². The third kappa shape index (κ3) is 3.15. The van der Waals surface area contributed by atoms with Crippen LogP contribution in [0.25, 0.3) is 65.7 Å². The molecule has 0 nitrogen and oxygen atoms in total. The summed E-state index contributed by atoms with van der Waals surface area (Å²) in [7, 11) is 0. The molecule has 0 atom stereocenters. The molecule has 0 unspecified atom stereocenters. The molecule has 0 saturated heterocycles. The molecule has 12 rings (SSSR count). The van der Waals surface area contributed by atoms with Gasteiger partial charge in [-0.2, -0.15) is 0 Å². The first-order valence-electron chi connectivity index (χ1n) is 17.5. The highest BCUT2D eigenvalue weighted by Gasteiger charge is 2.61. The molecular weight excluding hydrogens is 553 g/mol. The molecule has 0 radical (unpaired) electrons. The Balaban J connectivity index is 1.25. The lowest BCUT2D eigenvalue weighted by Gasteiger charge is -2.61. The van der Waals surface area contributed by atoms with Gasteiger partial charge < -0.3 is 0 Å².